The molecule has 0 aromatic rings. The smallest absolute Gasteiger partial charge is 0.220 e. The molecule has 2 fully saturated rings. The highest BCUT2D eigenvalue weighted by molar-refractivity contribution is 14.0. The van der Waals surface area contributed by atoms with Gasteiger partial charge in [-0.2, -0.15) is 0 Å². The van der Waals surface area contributed by atoms with Crippen molar-refractivity contribution in [3.8, 4) is 0 Å². The molecule has 28 heavy (non-hydrogen) atoms. The van der Waals surface area contributed by atoms with Gasteiger partial charge in [0.05, 0.1) is 12.2 Å². The molecule has 2 unspecified atom stereocenters. The van der Waals surface area contributed by atoms with Crippen molar-refractivity contribution in [2.75, 3.05) is 52.9 Å². The summed E-state index contributed by atoms with van der Waals surface area (Å²) in [7, 11) is 1.71. The van der Waals surface area contributed by atoms with Crippen molar-refractivity contribution >= 4 is 35.8 Å². The first-order valence-electron chi connectivity index (χ1n) is 10.6. The topological polar surface area (TPSA) is 69.2 Å². The average molecular weight is 509 g/mol. The number of hydrogen-bond acceptors (Lipinski definition) is 4. The van der Waals surface area contributed by atoms with E-state index in [2.05, 4.69) is 41.2 Å². The van der Waals surface area contributed by atoms with Crippen molar-refractivity contribution in [2.24, 2.45) is 10.9 Å². The van der Waals surface area contributed by atoms with Crippen LogP contribution in [0.1, 0.15) is 46.5 Å². The van der Waals surface area contributed by atoms with E-state index in [1.165, 1.54) is 0 Å². The van der Waals surface area contributed by atoms with E-state index < -0.39 is 0 Å². The number of likely N-dealkylation sites (tertiary alicyclic amines) is 1. The van der Waals surface area contributed by atoms with E-state index in [4.69, 9.17) is 9.73 Å². The van der Waals surface area contributed by atoms with Crippen LogP contribution in [0.25, 0.3) is 0 Å². The molecule has 0 aromatic carbocycles. The summed E-state index contributed by atoms with van der Waals surface area (Å²) in [6, 6.07) is 0. The number of carbonyl (C=O) groups excluding carboxylic acids is 1. The standard InChI is InChI=1S/C20H39N5O2.HI/c1-5-22-20(25-11-7-18(8-12-25)13-19(26)21-4)23-9-6-10-24-14-16(2)27-17(3)15-24;/h16-18H,5-15H2,1-4H3,(H,21,26)(H,22,23);1H. The zero-order valence-electron chi connectivity index (χ0n) is 18.1. The van der Waals surface area contributed by atoms with Crippen LogP contribution in [-0.2, 0) is 9.53 Å². The summed E-state index contributed by atoms with van der Waals surface area (Å²) in [6.07, 6.45) is 4.48. The molecule has 2 saturated heterocycles. The normalized spacial score (nSPS) is 24.6. The summed E-state index contributed by atoms with van der Waals surface area (Å²) in [4.78, 5) is 21.3. The largest absolute Gasteiger partial charge is 0.373 e. The number of ether oxygens (including phenoxy) is 1. The van der Waals surface area contributed by atoms with Crippen LogP contribution in [0.2, 0.25) is 0 Å². The predicted octanol–water partition coefficient (Wildman–Crippen LogP) is 1.92. The summed E-state index contributed by atoms with van der Waals surface area (Å²) in [5, 5.41) is 6.17. The fourth-order valence-corrected chi connectivity index (χ4v) is 4.09. The van der Waals surface area contributed by atoms with E-state index >= 15 is 0 Å². The van der Waals surface area contributed by atoms with Gasteiger partial charge >= 0.3 is 0 Å². The number of morpholine rings is 1. The van der Waals surface area contributed by atoms with Gasteiger partial charge in [0.15, 0.2) is 5.96 Å². The van der Waals surface area contributed by atoms with Crippen molar-refractivity contribution < 1.29 is 9.53 Å². The molecule has 2 aliphatic rings. The third-order valence-electron chi connectivity index (χ3n) is 5.39. The van der Waals surface area contributed by atoms with Crippen LogP contribution < -0.4 is 10.6 Å². The Morgan fingerprint density at radius 2 is 1.82 bits per heavy atom. The number of hydrogen-bond donors (Lipinski definition) is 2. The van der Waals surface area contributed by atoms with Gasteiger partial charge in [-0.1, -0.05) is 0 Å². The highest BCUT2D eigenvalue weighted by atomic mass is 127. The zero-order valence-corrected chi connectivity index (χ0v) is 20.4. The van der Waals surface area contributed by atoms with Gasteiger partial charge in [-0.25, -0.2) is 0 Å². The van der Waals surface area contributed by atoms with Crippen molar-refractivity contribution in [3.05, 3.63) is 0 Å². The summed E-state index contributed by atoms with van der Waals surface area (Å²) >= 11 is 0. The van der Waals surface area contributed by atoms with Gasteiger partial charge < -0.3 is 20.3 Å². The molecular formula is C20H40IN5O2. The summed E-state index contributed by atoms with van der Waals surface area (Å²) < 4.78 is 5.80. The second-order valence-electron chi connectivity index (χ2n) is 7.91. The third kappa shape index (κ3) is 8.82. The zero-order chi connectivity index (χ0) is 19.6. The minimum Gasteiger partial charge on any atom is -0.373 e. The monoisotopic (exact) mass is 509 g/mol. The number of nitrogens with one attached hydrogen (secondary N) is 2. The maximum Gasteiger partial charge on any atom is 0.220 e. The van der Waals surface area contributed by atoms with E-state index in [1.54, 1.807) is 7.05 Å². The summed E-state index contributed by atoms with van der Waals surface area (Å²) in [6.45, 7) is 13.2. The molecule has 1 amide bonds. The van der Waals surface area contributed by atoms with Gasteiger partial charge in [0.1, 0.15) is 0 Å². The van der Waals surface area contributed by atoms with Crippen LogP contribution in [0.4, 0.5) is 0 Å². The minimum atomic E-state index is 0. The Labute approximate surface area is 188 Å². The lowest BCUT2D eigenvalue weighted by Crippen LogP contribution is -2.46. The van der Waals surface area contributed by atoms with Gasteiger partial charge in [0.25, 0.3) is 0 Å². The second kappa shape index (κ2) is 13.6. The van der Waals surface area contributed by atoms with E-state index in [0.717, 1.165) is 71.0 Å². The Morgan fingerprint density at radius 3 is 2.39 bits per heavy atom. The molecule has 0 spiro atoms. The summed E-state index contributed by atoms with van der Waals surface area (Å²) in [5.41, 5.74) is 0. The molecule has 0 bridgehead atoms. The van der Waals surface area contributed by atoms with Crippen LogP contribution in [0.5, 0.6) is 0 Å². The molecule has 2 aliphatic heterocycles. The number of halogens is 1. The summed E-state index contributed by atoms with van der Waals surface area (Å²) in [5.74, 6) is 1.68. The lowest BCUT2D eigenvalue weighted by Gasteiger charge is -2.35. The Balaban J connectivity index is 0.00000392. The molecule has 0 aromatic heterocycles. The van der Waals surface area contributed by atoms with Gasteiger partial charge in [-0.3, -0.25) is 14.7 Å². The molecule has 2 rings (SSSR count). The number of amides is 1. The molecule has 2 heterocycles. The number of carbonyl (C=O) groups is 1. The first-order valence-corrected chi connectivity index (χ1v) is 10.6. The lowest BCUT2D eigenvalue weighted by molar-refractivity contribution is -0.121. The lowest BCUT2D eigenvalue weighted by atomic mass is 9.93. The van der Waals surface area contributed by atoms with Gasteiger partial charge in [0, 0.05) is 59.3 Å². The van der Waals surface area contributed by atoms with Crippen molar-refractivity contribution in [2.45, 2.75) is 58.7 Å². The molecular weight excluding hydrogens is 469 g/mol. The molecule has 0 radical (unpaired) electrons. The molecule has 2 N–H and O–H groups in total. The first kappa shape index (κ1) is 25.4. The number of guanidine groups is 1. The average Bonchev–Trinajstić information content (AvgIpc) is 2.64. The second-order valence-corrected chi connectivity index (χ2v) is 7.91. The molecule has 0 aliphatic carbocycles. The number of aliphatic imine (C=N–C) groups is 1. The van der Waals surface area contributed by atoms with E-state index in [1.807, 2.05) is 0 Å². The SMILES string of the molecule is CCNC(=NCCCN1CC(C)OC(C)C1)N1CCC(CC(=O)NC)CC1.I. The van der Waals surface area contributed by atoms with Crippen molar-refractivity contribution in [3.63, 3.8) is 0 Å². The Morgan fingerprint density at radius 1 is 1.18 bits per heavy atom. The van der Waals surface area contributed by atoms with Crippen molar-refractivity contribution in [1.29, 1.82) is 0 Å². The van der Waals surface area contributed by atoms with Gasteiger partial charge in [0.2, 0.25) is 5.91 Å². The maximum absolute atomic E-state index is 11.6. The van der Waals surface area contributed by atoms with Crippen molar-refractivity contribution in [1.82, 2.24) is 20.4 Å². The van der Waals surface area contributed by atoms with Gasteiger partial charge in [-0.05, 0) is 46.0 Å². The van der Waals surface area contributed by atoms with Crippen LogP contribution in [0, 0.1) is 5.92 Å². The first-order chi connectivity index (χ1) is 13.0. The van der Waals surface area contributed by atoms with Crippen LogP contribution in [-0.4, -0.2) is 86.7 Å². The Kier molecular flexibility index (Phi) is 12.3. The molecule has 164 valence electrons. The van der Waals surface area contributed by atoms with Crippen LogP contribution >= 0.6 is 24.0 Å². The Hall–Kier alpha value is -0.610. The van der Waals surface area contributed by atoms with Crippen LogP contribution in [0.3, 0.4) is 0 Å². The predicted molar refractivity (Wildman–Crippen MR) is 125 cm³/mol. The molecule has 0 saturated carbocycles. The van der Waals surface area contributed by atoms with E-state index in [0.29, 0.717) is 24.5 Å². The minimum absolute atomic E-state index is 0. The Bertz CT molecular complexity index is 473. The number of nitrogens with zero attached hydrogens (tertiary/aromatic N) is 3. The fraction of sp³-hybridized carbons (Fsp3) is 0.900. The maximum atomic E-state index is 11.6. The highest BCUT2D eigenvalue weighted by Gasteiger charge is 2.23. The van der Waals surface area contributed by atoms with E-state index in [9.17, 15) is 4.79 Å². The van der Waals surface area contributed by atoms with Gasteiger partial charge in [-0.15, -0.1) is 24.0 Å². The quantitative estimate of drug-likeness (QED) is 0.238. The fourth-order valence-electron chi connectivity index (χ4n) is 4.09. The number of rotatable bonds is 7. The highest BCUT2D eigenvalue weighted by Crippen LogP contribution is 2.20. The van der Waals surface area contributed by atoms with Crippen LogP contribution in [0.15, 0.2) is 4.99 Å². The molecule has 2 atom stereocenters. The third-order valence-corrected chi connectivity index (χ3v) is 5.39. The van der Waals surface area contributed by atoms with E-state index in [-0.39, 0.29) is 29.9 Å². The molecule has 8 heteroatoms. The number of piperidine rings is 1. The molecule has 7 nitrogen and oxygen atoms in total.